The average molecular weight is 576 g/mol. The van der Waals surface area contributed by atoms with Crippen molar-refractivity contribution in [3.05, 3.63) is 77.9 Å². The Kier molecular flexibility index (Phi) is 11.1. The minimum atomic E-state index is -1.30. The van der Waals surface area contributed by atoms with Crippen LogP contribution in [0, 0.1) is 12.8 Å². The average Bonchev–Trinajstić information content (AvgIpc) is 2.92. The Bertz CT molecular complexity index is 1360. The number of carbonyl (C=O) groups is 3. The first-order chi connectivity index (χ1) is 19.8. The standard InChI is InChI=1S/C34H45N3O5/c1-22(2)12-15-24(4)37(32(40)29(21-38)36-33(41)42-34(5,6)7)30(26-16-13-23(3)14-17-26)31(39)35-28-19-18-25-10-8-9-11-27(25)20-28/h8-11,13-14,16-20,22,24,29-30,38H,12,15,21H2,1-7H3,(H,35,39)(H,36,41). The number of carbonyl (C=O) groups excluding carboxylic acids is 3. The smallest absolute Gasteiger partial charge is 0.408 e. The van der Waals surface area contributed by atoms with Crippen LogP contribution < -0.4 is 10.6 Å². The van der Waals surface area contributed by atoms with E-state index in [-0.39, 0.29) is 6.04 Å². The van der Waals surface area contributed by atoms with Gasteiger partial charge in [0.05, 0.1) is 6.61 Å². The molecule has 0 saturated carbocycles. The van der Waals surface area contributed by atoms with E-state index in [9.17, 15) is 19.5 Å². The fraction of sp³-hybridized carbons (Fsp3) is 0.441. The lowest BCUT2D eigenvalue weighted by atomic mass is 9.96. The number of aliphatic hydroxyl groups is 1. The number of ether oxygens (including phenoxy) is 1. The minimum absolute atomic E-state index is 0.377. The van der Waals surface area contributed by atoms with E-state index in [1.807, 2.05) is 80.6 Å². The molecule has 0 aliphatic carbocycles. The Morgan fingerprint density at radius 2 is 1.55 bits per heavy atom. The van der Waals surface area contributed by atoms with E-state index in [1.54, 1.807) is 20.8 Å². The number of hydrogen-bond donors (Lipinski definition) is 3. The number of nitrogens with one attached hydrogen (secondary N) is 2. The van der Waals surface area contributed by atoms with Gasteiger partial charge >= 0.3 is 6.09 Å². The van der Waals surface area contributed by atoms with Crippen molar-refractivity contribution in [2.24, 2.45) is 5.92 Å². The van der Waals surface area contributed by atoms with Crippen LogP contribution >= 0.6 is 0 Å². The second-order valence-corrected chi connectivity index (χ2v) is 12.3. The maximum Gasteiger partial charge on any atom is 0.408 e. The van der Waals surface area contributed by atoms with E-state index in [1.165, 1.54) is 4.90 Å². The quantitative estimate of drug-likeness (QED) is 0.246. The van der Waals surface area contributed by atoms with Crippen LogP contribution in [-0.2, 0) is 14.3 Å². The lowest BCUT2D eigenvalue weighted by molar-refractivity contribution is -0.144. The van der Waals surface area contributed by atoms with Crippen molar-refractivity contribution < 1.29 is 24.2 Å². The normalized spacial score (nSPS) is 13.7. The van der Waals surface area contributed by atoms with E-state index in [2.05, 4.69) is 24.5 Å². The molecule has 8 nitrogen and oxygen atoms in total. The number of alkyl carbamates (subject to hydrolysis) is 1. The summed E-state index contributed by atoms with van der Waals surface area (Å²) >= 11 is 0. The van der Waals surface area contributed by atoms with Crippen LogP contribution in [0.4, 0.5) is 10.5 Å². The van der Waals surface area contributed by atoms with Gasteiger partial charge in [0, 0.05) is 11.7 Å². The Balaban J connectivity index is 2.04. The molecule has 3 unspecified atom stereocenters. The Hall–Kier alpha value is -3.91. The Labute approximate surface area is 249 Å². The first kappa shape index (κ1) is 32.6. The molecule has 3 atom stereocenters. The van der Waals surface area contributed by atoms with Crippen LogP contribution in [0.2, 0.25) is 0 Å². The second-order valence-electron chi connectivity index (χ2n) is 12.3. The summed E-state index contributed by atoms with van der Waals surface area (Å²) in [7, 11) is 0. The van der Waals surface area contributed by atoms with Gasteiger partial charge in [0.1, 0.15) is 17.7 Å². The van der Waals surface area contributed by atoms with Gasteiger partial charge in [-0.3, -0.25) is 9.59 Å². The molecular formula is C34H45N3O5. The molecule has 0 aliphatic rings. The number of fused-ring (bicyclic) bond motifs is 1. The number of benzene rings is 3. The molecule has 8 heteroatoms. The lowest BCUT2D eigenvalue weighted by Gasteiger charge is -2.38. The van der Waals surface area contributed by atoms with Gasteiger partial charge in [0.25, 0.3) is 5.91 Å². The van der Waals surface area contributed by atoms with E-state index in [0.29, 0.717) is 23.6 Å². The van der Waals surface area contributed by atoms with E-state index in [4.69, 9.17) is 4.74 Å². The molecule has 3 rings (SSSR count). The fourth-order valence-electron chi connectivity index (χ4n) is 4.79. The maximum absolute atomic E-state index is 14.2. The predicted molar refractivity (Wildman–Crippen MR) is 167 cm³/mol. The molecule has 3 aromatic carbocycles. The highest BCUT2D eigenvalue weighted by Crippen LogP contribution is 2.29. The number of anilines is 1. The van der Waals surface area contributed by atoms with Gasteiger partial charge in [0.2, 0.25) is 5.91 Å². The second kappa shape index (κ2) is 14.3. The molecule has 0 aromatic heterocycles. The Morgan fingerprint density at radius 3 is 2.14 bits per heavy atom. The first-order valence-corrected chi connectivity index (χ1v) is 14.6. The van der Waals surface area contributed by atoms with E-state index in [0.717, 1.165) is 22.8 Å². The van der Waals surface area contributed by atoms with Gasteiger partial charge in [0.15, 0.2) is 0 Å². The summed E-state index contributed by atoms with van der Waals surface area (Å²) in [5, 5.41) is 17.8. The molecule has 0 spiro atoms. The summed E-state index contributed by atoms with van der Waals surface area (Å²) in [6.07, 6.45) is 0.623. The summed E-state index contributed by atoms with van der Waals surface area (Å²) in [5.41, 5.74) is 1.45. The predicted octanol–water partition coefficient (Wildman–Crippen LogP) is 6.37. The van der Waals surface area contributed by atoms with Crippen LogP contribution in [0.5, 0.6) is 0 Å². The Morgan fingerprint density at radius 1 is 0.905 bits per heavy atom. The molecular weight excluding hydrogens is 530 g/mol. The van der Waals surface area contributed by atoms with E-state index < -0.39 is 42.2 Å². The van der Waals surface area contributed by atoms with Gasteiger partial charge in [-0.25, -0.2) is 4.79 Å². The van der Waals surface area contributed by atoms with Crippen LogP contribution in [0.1, 0.15) is 71.6 Å². The number of amides is 3. The maximum atomic E-state index is 14.2. The van der Waals surface area contributed by atoms with Gasteiger partial charge in [-0.05, 0) is 81.8 Å². The zero-order valence-corrected chi connectivity index (χ0v) is 25.8. The van der Waals surface area contributed by atoms with Gasteiger partial charge < -0.3 is 25.4 Å². The molecule has 0 fully saturated rings. The zero-order chi connectivity index (χ0) is 31.0. The highest BCUT2D eigenvalue weighted by atomic mass is 16.6. The number of hydrogen-bond acceptors (Lipinski definition) is 5. The SMILES string of the molecule is Cc1ccc(C(C(=O)Nc2ccc3ccccc3c2)N(C(=O)C(CO)NC(=O)OC(C)(C)C)C(C)CCC(C)C)cc1. The van der Waals surface area contributed by atoms with Crippen LogP contribution in [0.3, 0.4) is 0 Å². The largest absolute Gasteiger partial charge is 0.444 e. The van der Waals surface area contributed by atoms with Crippen molar-refractivity contribution in [2.45, 2.75) is 85.0 Å². The molecule has 42 heavy (non-hydrogen) atoms. The molecule has 3 aromatic rings. The van der Waals surface area contributed by atoms with Gasteiger partial charge in [-0.15, -0.1) is 0 Å². The topological polar surface area (TPSA) is 108 Å². The van der Waals surface area contributed by atoms with Crippen molar-refractivity contribution in [2.75, 3.05) is 11.9 Å². The van der Waals surface area contributed by atoms with Crippen molar-refractivity contribution in [1.29, 1.82) is 0 Å². The monoisotopic (exact) mass is 575 g/mol. The molecule has 0 aliphatic heterocycles. The van der Waals surface area contributed by atoms with Crippen LogP contribution in [-0.4, -0.2) is 52.2 Å². The third-order valence-electron chi connectivity index (χ3n) is 7.00. The number of rotatable bonds is 11. The molecule has 3 N–H and O–H groups in total. The number of aryl methyl sites for hydroxylation is 1. The minimum Gasteiger partial charge on any atom is -0.444 e. The highest BCUT2D eigenvalue weighted by Gasteiger charge is 2.38. The molecule has 0 saturated heterocycles. The van der Waals surface area contributed by atoms with Crippen molar-refractivity contribution in [1.82, 2.24) is 10.2 Å². The first-order valence-electron chi connectivity index (χ1n) is 14.6. The van der Waals surface area contributed by atoms with Crippen molar-refractivity contribution >= 4 is 34.4 Å². The van der Waals surface area contributed by atoms with Crippen LogP contribution in [0.15, 0.2) is 66.7 Å². The summed E-state index contributed by atoms with van der Waals surface area (Å²) in [6, 6.07) is 18.3. The van der Waals surface area contributed by atoms with Gasteiger partial charge in [-0.2, -0.15) is 0 Å². The summed E-state index contributed by atoms with van der Waals surface area (Å²) < 4.78 is 5.35. The number of nitrogens with zero attached hydrogens (tertiary/aromatic N) is 1. The third kappa shape index (κ3) is 9.05. The van der Waals surface area contributed by atoms with Crippen molar-refractivity contribution in [3.63, 3.8) is 0 Å². The zero-order valence-electron chi connectivity index (χ0n) is 25.8. The van der Waals surface area contributed by atoms with E-state index >= 15 is 0 Å². The third-order valence-corrected chi connectivity index (χ3v) is 7.00. The molecule has 0 radical (unpaired) electrons. The molecule has 0 bridgehead atoms. The van der Waals surface area contributed by atoms with Gasteiger partial charge in [-0.1, -0.05) is 74.0 Å². The molecule has 226 valence electrons. The summed E-state index contributed by atoms with van der Waals surface area (Å²) in [5.74, 6) is -0.589. The fourth-order valence-corrected chi connectivity index (χ4v) is 4.79. The highest BCUT2D eigenvalue weighted by molar-refractivity contribution is 6.00. The molecule has 0 heterocycles. The number of aliphatic hydroxyl groups excluding tert-OH is 1. The van der Waals surface area contributed by atoms with Crippen molar-refractivity contribution in [3.8, 4) is 0 Å². The summed E-state index contributed by atoms with van der Waals surface area (Å²) in [6.45, 7) is 12.5. The lowest BCUT2D eigenvalue weighted by Crippen LogP contribution is -2.56. The molecule has 3 amide bonds. The summed E-state index contributed by atoms with van der Waals surface area (Å²) in [4.78, 5) is 42.5. The van der Waals surface area contributed by atoms with Crippen LogP contribution in [0.25, 0.3) is 10.8 Å².